The highest BCUT2D eigenvalue weighted by Gasteiger charge is 2.15. The highest BCUT2D eigenvalue weighted by Crippen LogP contribution is 2.20. The summed E-state index contributed by atoms with van der Waals surface area (Å²) < 4.78 is 5.67. The van der Waals surface area contributed by atoms with Crippen molar-refractivity contribution in [1.29, 1.82) is 0 Å². The zero-order valence-corrected chi connectivity index (χ0v) is 9.29. The van der Waals surface area contributed by atoms with Gasteiger partial charge in [-0.15, -0.1) is 0 Å². The summed E-state index contributed by atoms with van der Waals surface area (Å²) in [6.45, 7) is 6.79. The van der Waals surface area contributed by atoms with Crippen molar-refractivity contribution in [2.45, 2.75) is 26.8 Å². The van der Waals surface area contributed by atoms with Gasteiger partial charge in [-0.25, -0.2) is 9.97 Å². The van der Waals surface area contributed by atoms with E-state index in [0.717, 1.165) is 36.6 Å². The topological polar surface area (TPSA) is 47.0 Å². The van der Waals surface area contributed by atoms with Crippen LogP contribution >= 0.6 is 0 Å². The predicted molar refractivity (Wildman–Crippen MR) is 57.8 cm³/mol. The maximum absolute atomic E-state index is 5.67. The smallest absolute Gasteiger partial charge is 0.221 e. The van der Waals surface area contributed by atoms with Gasteiger partial charge in [-0.05, 0) is 5.92 Å². The highest BCUT2D eigenvalue weighted by atomic mass is 16.5. The van der Waals surface area contributed by atoms with Crippen LogP contribution in [0, 0.1) is 5.92 Å². The monoisotopic (exact) mass is 207 g/mol. The summed E-state index contributed by atoms with van der Waals surface area (Å²) in [6.07, 6.45) is 2.57. The van der Waals surface area contributed by atoms with E-state index in [1.165, 1.54) is 0 Å². The SMILES string of the molecule is CC(C)COc1ncnc2c1CNCC2. The van der Waals surface area contributed by atoms with E-state index in [9.17, 15) is 0 Å². The Kier molecular flexibility index (Phi) is 3.16. The van der Waals surface area contributed by atoms with E-state index < -0.39 is 0 Å². The molecule has 0 atom stereocenters. The Hall–Kier alpha value is -1.16. The fraction of sp³-hybridized carbons (Fsp3) is 0.636. The number of hydrogen-bond donors (Lipinski definition) is 1. The molecule has 0 bridgehead atoms. The maximum Gasteiger partial charge on any atom is 0.221 e. The van der Waals surface area contributed by atoms with Crippen molar-refractivity contribution in [2.24, 2.45) is 5.92 Å². The summed E-state index contributed by atoms with van der Waals surface area (Å²) in [7, 11) is 0. The average Bonchev–Trinajstić information content (AvgIpc) is 2.26. The van der Waals surface area contributed by atoms with Crippen LogP contribution in [0.1, 0.15) is 25.1 Å². The number of nitrogens with zero attached hydrogens (tertiary/aromatic N) is 2. The molecule has 0 radical (unpaired) electrons. The number of aromatic nitrogens is 2. The van der Waals surface area contributed by atoms with Gasteiger partial charge in [-0.1, -0.05) is 13.8 Å². The molecular weight excluding hydrogens is 190 g/mol. The van der Waals surface area contributed by atoms with Gasteiger partial charge in [-0.2, -0.15) is 0 Å². The van der Waals surface area contributed by atoms with Gasteiger partial charge >= 0.3 is 0 Å². The molecule has 1 aliphatic heterocycles. The van der Waals surface area contributed by atoms with E-state index in [1.54, 1.807) is 6.33 Å². The van der Waals surface area contributed by atoms with E-state index in [1.807, 2.05) is 0 Å². The third-order valence-corrected chi connectivity index (χ3v) is 2.39. The zero-order chi connectivity index (χ0) is 10.7. The molecule has 0 saturated heterocycles. The van der Waals surface area contributed by atoms with E-state index in [-0.39, 0.29) is 0 Å². The molecule has 1 aliphatic rings. The standard InChI is InChI=1S/C11H17N3O/c1-8(2)6-15-11-9-5-12-4-3-10(9)13-7-14-11/h7-8,12H,3-6H2,1-2H3. The summed E-state index contributed by atoms with van der Waals surface area (Å²) in [6, 6.07) is 0. The van der Waals surface area contributed by atoms with Crippen molar-refractivity contribution in [3.8, 4) is 5.88 Å². The lowest BCUT2D eigenvalue weighted by Crippen LogP contribution is -2.26. The van der Waals surface area contributed by atoms with Gasteiger partial charge in [0.1, 0.15) is 6.33 Å². The summed E-state index contributed by atoms with van der Waals surface area (Å²) in [5.41, 5.74) is 2.26. The largest absolute Gasteiger partial charge is 0.477 e. The number of fused-ring (bicyclic) bond motifs is 1. The van der Waals surface area contributed by atoms with Gasteiger partial charge in [0.05, 0.1) is 12.3 Å². The molecule has 1 N–H and O–H groups in total. The molecule has 15 heavy (non-hydrogen) atoms. The zero-order valence-electron chi connectivity index (χ0n) is 9.29. The molecule has 1 aromatic rings. The van der Waals surface area contributed by atoms with Gasteiger partial charge < -0.3 is 10.1 Å². The summed E-state index contributed by atoms with van der Waals surface area (Å²) in [5, 5.41) is 3.31. The quantitative estimate of drug-likeness (QED) is 0.808. The first-order valence-electron chi connectivity index (χ1n) is 5.43. The van der Waals surface area contributed by atoms with Crippen molar-refractivity contribution in [3.05, 3.63) is 17.6 Å². The second-order valence-electron chi connectivity index (χ2n) is 4.24. The maximum atomic E-state index is 5.67. The van der Waals surface area contributed by atoms with Gasteiger partial charge in [0.2, 0.25) is 5.88 Å². The molecule has 0 amide bonds. The van der Waals surface area contributed by atoms with Crippen LogP contribution in [0.5, 0.6) is 5.88 Å². The first-order valence-corrected chi connectivity index (χ1v) is 5.43. The van der Waals surface area contributed by atoms with Crippen molar-refractivity contribution < 1.29 is 4.74 Å². The lowest BCUT2D eigenvalue weighted by Gasteiger charge is -2.18. The molecule has 4 nitrogen and oxygen atoms in total. The summed E-state index contributed by atoms with van der Waals surface area (Å²) in [5.74, 6) is 1.27. The molecule has 0 saturated carbocycles. The average molecular weight is 207 g/mol. The van der Waals surface area contributed by atoms with Gasteiger partial charge in [-0.3, -0.25) is 0 Å². The second kappa shape index (κ2) is 4.57. The van der Waals surface area contributed by atoms with Crippen molar-refractivity contribution in [2.75, 3.05) is 13.2 Å². The molecule has 0 aliphatic carbocycles. The van der Waals surface area contributed by atoms with Crippen LogP contribution in [-0.4, -0.2) is 23.1 Å². The van der Waals surface area contributed by atoms with Crippen molar-refractivity contribution in [3.63, 3.8) is 0 Å². The predicted octanol–water partition coefficient (Wildman–Crippen LogP) is 1.16. The van der Waals surface area contributed by atoms with Gasteiger partial charge in [0, 0.05) is 25.1 Å². The van der Waals surface area contributed by atoms with Crippen LogP contribution in [0.2, 0.25) is 0 Å². The minimum absolute atomic E-state index is 0.521. The van der Waals surface area contributed by atoms with Crippen molar-refractivity contribution >= 4 is 0 Å². The molecule has 1 aromatic heterocycles. The van der Waals surface area contributed by atoms with Crippen LogP contribution in [0.25, 0.3) is 0 Å². The minimum Gasteiger partial charge on any atom is -0.477 e. The second-order valence-corrected chi connectivity index (χ2v) is 4.24. The van der Waals surface area contributed by atoms with Crippen LogP contribution in [0.3, 0.4) is 0 Å². The Balaban J connectivity index is 2.16. The van der Waals surface area contributed by atoms with E-state index >= 15 is 0 Å². The van der Waals surface area contributed by atoms with E-state index in [4.69, 9.17) is 4.74 Å². The molecule has 0 unspecified atom stereocenters. The molecule has 2 heterocycles. The molecule has 4 heteroatoms. The molecule has 0 fully saturated rings. The molecule has 0 spiro atoms. The van der Waals surface area contributed by atoms with E-state index in [0.29, 0.717) is 12.5 Å². The Labute approximate surface area is 90.1 Å². The first kappa shape index (κ1) is 10.4. The normalized spacial score (nSPS) is 15.1. The third-order valence-electron chi connectivity index (χ3n) is 2.39. The molecule has 82 valence electrons. The number of ether oxygens (including phenoxy) is 1. The Bertz CT molecular complexity index is 339. The number of nitrogens with one attached hydrogen (secondary N) is 1. The van der Waals surface area contributed by atoms with E-state index in [2.05, 4.69) is 29.1 Å². The van der Waals surface area contributed by atoms with Crippen molar-refractivity contribution in [1.82, 2.24) is 15.3 Å². The molecular formula is C11H17N3O. The minimum atomic E-state index is 0.521. The Morgan fingerprint density at radius 3 is 3.13 bits per heavy atom. The van der Waals surface area contributed by atoms with Crippen LogP contribution in [-0.2, 0) is 13.0 Å². The lowest BCUT2D eigenvalue weighted by atomic mass is 10.1. The summed E-state index contributed by atoms with van der Waals surface area (Å²) >= 11 is 0. The fourth-order valence-corrected chi connectivity index (χ4v) is 1.61. The third kappa shape index (κ3) is 2.45. The van der Waals surface area contributed by atoms with Gasteiger partial charge in [0.15, 0.2) is 0 Å². The number of rotatable bonds is 3. The van der Waals surface area contributed by atoms with Gasteiger partial charge in [0.25, 0.3) is 0 Å². The highest BCUT2D eigenvalue weighted by molar-refractivity contribution is 5.31. The number of hydrogen-bond acceptors (Lipinski definition) is 4. The summed E-state index contributed by atoms with van der Waals surface area (Å²) in [4.78, 5) is 8.47. The Morgan fingerprint density at radius 2 is 2.33 bits per heavy atom. The lowest BCUT2D eigenvalue weighted by molar-refractivity contribution is 0.256. The molecule has 0 aromatic carbocycles. The van der Waals surface area contributed by atoms with Crippen LogP contribution in [0.15, 0.2) is 6.33 Å². The van der Waals surface area contributed by atoms with Crippen LogP contribution in [0.4, 0.5) is 0 Å². The van der Waals surface area contributed by atoms with Crippen LogP contribution < -0.4 is 10.1 Å². The molecule has 2 rings (SSSR count). The Morgan fingerprint density at radius 1 is 1.47 bits per heavy atom. The fourth-order valence-electron chi connectivity index (χ4n) is 1.61. The first-order chi connectivity index (χ1) is 7.27.